The summed E-state index contributed by atoms with van der Waals surface area (Å²) in [5.74, 6) is 0.476. The van der Waals surface area contributed by atoms with Crippen molar-refractivity contribution >= 4 is 34.6 Å². The molecule has 2 aliphatic rings. The number of nitrogens with zero attached hydrogens (tertiary/aromatic N) is 8. The van der Waals surface area contributed by atoms with Gasteiger partial charge in [-0.05, 0) is 58.0 Å². The summed E-state index contributed by atoms with van der Waals surface area (Å²) < 4.78 is 10.4. The molecule has 0 amide bonds. The molecule has 0 bridgehead atoms. The molecule has 2 aliphatic heterocycles. The lowest BCUT2D eigenvalue weighted by Gasteiger charge is -2.37. The Hall–Kier alpha value is -4.75. The maximum atomic E-state index is 9.55. The Morgan fingerprint density at radius 1 is 0.933 bits per heavy atom. The van der Waals surface area contributed by atoms with Gasteiger partial charge < -0.3 is 24.7 Å². The summed E-state index contributed by atoms with van der Waals surface area (Å²) in [5, 5.41) is 24.4. The first kappa shape index (κ1) is 31.7. The van der Waals surface area contributed by atoms with E-state index in [9.17, 15) is 9.59 Å². The summed E-state index contributed by atoms with van der Waals surface area (Å²) in [6.07, 6.45) is 2.18. The van der Waals surface area contributed by atoms with Gasteiger partial charge in [0, 0.05) is 51.5 Å². The zero-order valence-electron chi connectivity index (χ0n) is 25.9. The normalized spacial score (nSPS) is 15.4. The highest BCUT2D eigenvalue weighted by molar-refractivity contribution is 5.89. The molecule has 0 spiro atoms. The topological polar surface area (TPSA) is 142 Å². The van der Waals surface area contributed by atoms with Crippen LogP contribution in [0.25, 0.3) is 16.7 Å². The molecule has 45 heavy (non-hydrogen) atoms. The Kier molecular flexibility index (Phi) is 10.1. The molecule has 4 aromatic rings. The van der Waals surface area contributed by atoms with Crippen molar-refractivity contribution in [2.75, 3.05) is 55.7 Å². The third-order valence-electron chi connectivity index (χ3n) is 7.96. The smallest absolute Gasteiger partial charge is 0.328 e. The van der Waals surface area contributed by atoms with Gasteiger partial charge in [-0.25, -0.2) is 14.6 Å². The van der Waals surface area contributed by atoms with Gasteiger partial charge in [0.15, 0.2) is 5.82 Å². The number of hydrogen-bond acceptors (Lipinski definition) is 9. The molecular formula is C32H40N8O5. The molecule has 1 fully saturated rings. The number of aliphatic carboxylic acids is 2. The highest BCUT2D eigenvalue weighted by Gasteiger charge is 2.26. The van der Waals surface area contributed by atoms with E-state index in [1.54, 1.807) is 0 Å². The van der Waals surface area contributed by atoms with Crippen LogP contribution in [0, 0.1) is 6.92 Å². The number of aryl methyl sites for hydroxylation is 1. The molecule has 1 saturated heterocycles. The molecular weight excluding hydrogens is 576 g/mol. The second-order valence-corrected chi connectivity index (χ2v) is 10.9. The molecule has 6 rings (SSSR count). The minimum Gasteiger partial charge on any atom is -0.478 e. The number of carboxylic acids is 2. The van der Waals surface area contributed by atoms with Crippen molar-refractivity contribution in [3.8, 4) is 5.69 Å². The average molecular weight is 617 g/mol. The van der Waals surface area contributed by atoms with Crippen LogP contribution in [0.1, 0.15) is 38.1 Å². The van der Waals surface area contributed by atoms with Gasteiger partial charge in [-0.15, -0.1) is 10.2 Å². The van der Waals surface area contributed by atoms with Gasteiger partial charge in [0.1, 0.15) is 12.1 Å². The summed E-state index contributed by atoms with van der Waals surface area (Å²) >= 11 is 0. The number of anilines is 2. The van der Waals surface area contributed by atoms with Gasteiger partial charge in [0.2, 0.25) is 5.95 Å². The second-order valence-electron chi connectivity index (χ2n) is 10.9. The van der Waals surface area contributed by atoms with Crippen molar-refractivity contribution in [3.63, 3.8) is 0 Å². The Morgan fingerprint density at radius 3 is 2.29 bits per heavy atom. The number of carbonyl (C=O) groups is 2. The number of carboxylic acid groups (broad SMARTS) is 2. The van der Waals surface area contributed by atoms with Crippen LogP contribution >= 0.6 is 0 Å². The molecule has 2 N–H and O–H groups in total. The Morgan fingerprint density at radius 2 is 1.60 bits per heavy atom. The van der Waals surface area contributed by atoms with E-state index in [0.29, 0.717) is 18.8 Å². The number of aromatic nitrogens is 5. The van der Waals surface area contributed by atoms with Gasteiger partial charge in [-0.2, -0.15) is 0 Å². The SMILES string of the molecule is CCOC(C)n1c(N2CCN(CCCN3Cc4nnc(C)n4-c4ccccc43)CC2)nc2ccccc21.O=C(O)/C=C/C(=O)O. The van der Waals surface area contributed by atoms with Crippen molar-refractivity contribution < 1.29 is 24.5 Å². The summed E-state index contributed by atoms with van der Waals surface area (Å²) in [4.78, 5) is 31.6. The third-order valence-corrected chi connectivity index (χ3v) is 7.96. The average Bonchev–Trinajstić information content (AvgIpc) is 3.61. The molecule has 4 heterocycles. The number of fused-ring (bicyclic) bond motifs is 4. The predicted octanol–water partition coefficient (Wildman–Crippen LogP) is 3.72. The number of piperazine rings is 1. The van der Waals surface area contributed by atoms with E-state index >= 15 is 0 Å². The standard InChI is InChI=1S/C28H36N8O.C4H4O4/c1-4-37-22(3)36-24-11-6-5-10-23(24)29-28(36)33-18-16-32(17-19-33)14-9-15-34-20-27-31-30-21(2)35(27)26-13-8-7-12-25(26)34;5-3(6)1-2-4(7)8/h5-8,10-13,22H,4,9,14-20H2,1-3H3;1-2H,(H,5,6)(H,7,8)/b;2-1+. The molecule has 2 aromatic carbocycles. The van der Waals surface area contributed by atoms with Crippen LogP contribution in [-0.4, -0.2) is 97.2 Å². The van der Waals surface area contributed by atoms with Crippen molar-refractivity contribution in [1.29, 1.82) is 0 Å². The molecule has 13 heteroatoms. The van der Waals surface area contributed by atoms with Crippen molar-refractivity contribution in [2.45, 2.75) is 40.0 Å². The summed E-state index contributed by atoms with van der Waals surface area (Å²) in [7, 11) is 0. The lowest BCUT2D eigenvalue weighted by atomic mass is 10.1. The van der Waals surface area contributed by atoms with Crippen LogP contribution in [0.4, 0.5) is 11.6 Å². The molecule has 0 radical (unpaired) electrons. The van der Waals surface area contributed by atoms with Gasteiger partial charge in [-0.1, -0.05) is 24.3 Å². The van der Waals surface area contributed by atoms with Crippen molar-refractivity contribution in [2.24, 2.45) is 0 Å². The number of imidazole rings is 1. The molecule has 0 aliphatic carbocycles. The highest BCUT2D eigenvalue weighted by Crippen LogP contribution is 2.32. The van der Waals surface area contributed by atoms with Crippen LogP contribution in [0.2, 0.25) is 0 Å². The Balaban J connectivity index is 0.000000444. The molecule has 0 saturated carbocycles. The Bertz CT molecular complexity index is 1640. The van der Waals surface area contributed by atoms with E-state index in [2.05, 4.69) is 89.5 Å². The third kappa shape index (κ3) is 7.32. The largest absolute Gasteiger partial charge is 0.478 e. The van der Waals surface area contributed by atoms with Crippen LogP contribution < -0.4 is 9.80 Å². The maximum absolute atomic E-state index is 9.55. The molecule has 2 aromatic heterocycles. The lowest BCUT2D eigenvalue weighted by molar-refractivity contribution is -0.134. The number of rotatable bonds is 10. The van der Waals surface area contributed by atoms with Crippen LogP contribution in [-0.2, 0) is 20.9 Å². The zero-order chi connectivity index (χ0) is 31.9. The first-order chi connectivity index (χ1) is 21.8. The highest BCUT2D eigenvalue weighted by atomic mass is 16.5. The monoisotopic (exact) mass is 616 g/mol. The van der Waals surface area contributed by atoms with Crippen molar-refractivity contribution in [1.82, 2.24) is 29.2 Å². The molecule has 13 nitrogen and oxygen atoms in total. The summed E-state index contributed by atoms with van der Waals surface area (Å²) in [6.45, 7) is 13.8. The van der Waals surface area contributed by atoms with E-state index < -0.39 is 11.9 Å². The van der Waals surface area contributed by atoms with Crippen LogP contribution in [0.3, 0.4) is 0 Å². The van der Waals surface area contributed by atoms with E-state index in [1.165, 1.54) is 11.4 Å². The number of para-hydroxylation sites is 4. The summed E-state index contributed by atoms with van der Waals surface area (Å²) in [5.41, 5.74) is 4.61. The fourth-order valence-electron chi connectivity index (χ4n) is 5.93. The minimum absolute atomic E-state index is 0.0487. The number of ether oxygens (including phenoxy) is 1. The Labute approximate surface area is 262 Å². The van der Waals surface area contributed by atoms with Crippen molar-refractivity contribution in [3.05, 3.63) is 72.3 Å². The van der Waals surface area contributed by atoms with E-state index in [-0.39, 0.29) is 6.23 Å². The van der Waals surface area contributed by atoms with Crippen LogP contribution in [0.5, 0.6) is 0 Å². The first-order valence-electron chi connectivity index (χ1n) is 15.2. The van der Waals surface area contributed by atoms with E-state index in [0.717, 1.165) is 80.9 Å². The maximum Gasteiger partial charge on any atom is 0.328 e. The minimum atomic E-state index is -1.26. The molecule has 238 valence electrons. The lowest BCUT2D eigenvalue weighted by Crippen LogP contribution is -2.48. The molecule has 1 unspecified atom stereocenters. The van der Waals surface area contributed by atoms with Gasteiger partial charge in [0.05, 0.1) is 29.0 Å². The van der Waals surface area contributed by atoms with Gasteiger partial charge >= 0.3 is 11.9 Å². The number of benzene rings is 2. The van der Waals surface area contributed by atoms with E-state index in [1.807, 2.05) is 13.8 Å². The number of hydrogen-bond donors (Lipinski definition) is 2. The second kappa shape index (κ2) is 14.4. The fourth-order valence-corrected chi connectivity index (χ4v) is 5.93. The van der Waals surface area contributed by atoms with Gasteiger partial charge in [0.25, 0.3) is 0 Å². The zero-order valence-corrected chi connectivity index (χ0v) is 25.9. The molecule has 1 atom stereocenters. The fraction of sp³-hybridized carbons (Fsp3) is 0.406. The summed E-state index contributed by atoms with van der Waals surface area (Å²) in [6, 6.07) is 17.0. The van der Waals surface area contributed by atoms with Gasteiger partial charge in [-0.3, -0.25) is 14.0 Å². The quantitative estimate of drug-likeness (QED) is 0.252. The van der Waals surface area contributed by atoms with E-state index in [4.69, 9.17) is 19.9 Å². The first-order valence-corrected chi connectivity index (χ1v) is 15.2. The predicted molar refractivity (Wildman–Crippen MR) is 171 cm³/mol. The van der Waals surface area contributed by atoms with Crippen LogP contribution in [0.15, 0.2) is 60.7 Å².